The summed E-state index contributed by atoms with van der Waals surface area (Å²) < 4.78 is 1.94. The van der Waals surface area contributed by atoms with Crippen LogP contribution in [-0.4, -0.2) is 37.8 Å². The van der Waals surface area contributed by atoms with Crippen molar-refractivity contribution in [2.45, 2.75) is 38.6 Å². The minimum atomic E-state index is 0.0542. The van der Waals surface area contributed by atoms with Crippen molar-refractivity contribution in [3.63, 3.8) is 0 Å². The molecule has 0 bridgehead atoms. The normalized spacial score (nSPS) is 17.3. The predicted molar refractivity (Wildman–Crippen MR) is 96.5 cm³/mol. The van der Waals surface area contributed by atoms with Gasteiger partial charge in [-0.2, -0.15) is 0 Å². The maximum absolute atomic E-state index is 13.0. The highest BCUT2D eigenvalue weighted by Gasteiger charge is 2.30. The molecule has 1 aliphatic rings. The second-order valence-corrected chi connectivity index (χ2v) is 6.79. The maximum Gasteiger partial charge on any atom is 0.274 e. The highest BCUT2D eigenvalue weighted by molar-refractivity contribution is 5.93. The lowest BCUT2D eigenvalue weighted by atomic mass is 10.0. The molecule has 0 N–H and O–H groups in total. The zero-order valence-corrected chi connectivity index (χ0v) is 14.4. The fourth-order valence-electron chi connectivity index (χ4n) is 3.64. The van der Waals surface area contributed by atoms with Gasteiger partial charge >= 0.3 is 0 Å². The standard InChI is InChI=1S/C20H22N4O/c1-15-4-7-19-22-18(14-23(19)13-15)20(25)24-12-2-3-17(24)6-5-16-8-10-21-11-9-16/h4,7-11,13-14,17H,2-3,5-6,12H2,1H3. The average Bonchev–Trinajstić information content (AvgIpc) is 3.26. The van der Waals surface area contributed by atoms with Crippen LogP contribution in [0.5, 0.6) is 0 Å². The summed E-state index contributed by atoms with van der Waals surface area (Å²) in [5, 5.41) is 0. The fourth-order valence-corrected chi connectivity index (χ4v) is 3.64. The van der Waals surface area contributed by atoms with Crippen molar-refractivity contribution in [2.24, 2.45) is 0 Å². The van der Waals surface area contributed by atoms with Crippen LogP contribution in [-0.2, 0) is 6.42 Å². The SMILES string of the molecule is Cc1ccc2nc(C(=O)N3CCCC3CCc3ccncc3)cn2c1. The van der Waals surface area contributed by atoms with Crippen LogP contribution in [0.15, 0.2) is 49.1 Å². The number of rotatable bonds is 4. The molecule has 0 radical (unpaired) electrons. The molecule has 1 aliphatic heterocycles. The Morgan fingerprint density at radius 3 is 2.88 bits per heavy atom. The summed E-state index contributed by atoms with van der Waals surface area (Å²) in [7, 11) is 0. The first-order valence-electron chi connectivity index (χ1n) is 8.86. The molecular weight excluding hydrogens is 312 g/mol. The molecule has 3 aromatic rings. The second-order valence-electron chi connectivity index (χ2n) is 6.79. The van der Waals surface area contributed by atoms with Gasteiger partial charge in [0.15, 0.2) is 0 Å². The third kappa shape index (κ3) is 3.27. The highest BCUT2D eigenvalue weighted by Crippen LogP contribution is 2.24. The van der Waals surface area contributed by atoms with E-state index >= 15 is 0 Å². The van der Waals surface area contributed by atoms with Gasteiger partial charge in [0.25, 0.3) is 5.91 Å². The topological polar surface area (TPSA) is 50.5 Å². The summed E-state index contributed by atoms with van der Waals surface area (Å²) in [4.78, 5) is 23.5. The molecule has 1 unspecified atom stereocenters. The molecule has 3 aromatic heterocycles. The Morgan fingerprint density at radius 2 is 2.04 bits per heavy atom. The Bertz CT molecular complexity index is 887. The van der Waals surface area contributed by atoms with Gasteiger partial charge in [0.05, 0.1) is 0 Å². The van der Waals surface area contributed by atoms with Gasteiger partial charge < -0.3 is 9.30 Å². The Labute approximate surface area is 147 Å². The van der Waals surface area contributed by atoms with Crippen LogP contribution in [0.25, 0.3) is 5.65 Å². The zero-order chi connectivity index (χ0) is 17.2. The quantitative estimate of drug-likeness (QED) is 0.736. The maximum atomic E-state index is 13.0. The molecule has 0 saturated carbocycles. The molecule has 0 spiro atoms. The molecule has 0 aromatic carbocycles. The van der Waals surface area contributed by atoms with E-state index in [-0.39, 0.29) is 5.91 Å². The van der Waals surface area contributed by atoms with E-state index in [1.54, 1.807) is 0 Å². The first kappa shape index (κ1) is 15.8. The smallest absolute Gasteiger partial charge is 0.274 e. The van der Waals surface area contributed by atoms with Crippen molar-refractivity contribution >= 4 is 11.6 Å². The molecule has 1 fully saturated rings. The third-order valence-electron chi connectivity index (χ3n) is 4.97. The molecule has 4 rings (SSSR count). The Kier molecular flexibility index (Phi) is 4.22. The molecule has 128 valence electrons. The molecule has 0 aliphatic carbocycles. The minimum Gasteiger partial charge on any atom is -0.334 e. The van der Waals surface area contributed by atoms with Gasteiger partial charge in [-0.05, 0) is 61.9 Å². The van der Waals surface area contributed by atoms with Crippen LogP contribution in [0.3, 0.4) is 0 Å². The van der Waals surface area contributed by atoms with Crippen molar-refractivity contribution in [1.82, 2.24) is 19.3 Å². The second kappa shape index (κ2) is 6.67. The lowest BCUT2D eigenvalue weighted by molar-refractivity contribution is 0.0725. The van der Waals surface area contributed by atoms with Crippen molar-refractivity contribution in [3.05, 3.63) is 65.9 Å². The molecule has 4 heterocycles. The van der Waals surface area contributed by atoms with E-state index in [0.717, 1.165) is 43.4 Å². The molecule has 1 atom stereocenters. The van der Waals surface area contributed by atoms with Crippen molar-refractivity contribution in [1.29, 1.82) is 0 Å². The molecule has 1 amide bonds. The Morgan fingerprint density at radius 1 is 1.20 bits per heavy atom. The van der Waals surface area contributed by atoms with E-state index < -0.39 is 0 Å². The zero-order valence-electron chi connectivity index (χ0n) is 14.4. The summed E-state index contributed by atoms with van der Waals surface area (Å²) in [6, 6.07) is 8.37. The van der Waals surface area contributed by atoms with E-state index in [2.05, 4.69) is 9.97 Å². The number of nitrogens with zero attached hydrogens (tertiary/aromatic N) is 4. The van der Waals surface area contributed by atoms with Crippen LogP contribution in [0.1, 0.15) is 40.9 Å². The van der Waals surface area contributed by atoms with Crippen LogP contribution in [0, 0.1) is 6.92 Å². The van der Waals surface area contributed by atoms with Crippen LogP contribution in [0.2, 0.25) is 0 Å². The first-order valence-corrected chi connectivity index (χ1v) is 8.86. The number of amides is 1. The number of hydrogen-bond acceptors (Lipinski definition) is 3. The highest BCUT2D eigenvalue weighted by atomic mass is 16.2. The van der Waals surface area contributed by atoms with E-state index in [0.29, 0.717) is 11.7 Å². The average molecular weight is 334 g/mol. The summed E-state index contributed by atoms with van der Waals surface area (Å²) in [6.07, 6.45) is 11.6. The van der Waals surface area contributed by atoms with Gasteiger partial charge in [0, 0.05) is 37.4 Å². The minimum absolute atomic E-state index is 0.0542. The lowest BCUT2D eigenvalue weighted by Crippen LogP contribution is -2.36. The summed E-state index contributed by atoms with van der Waals surface area (Å²) in [5.74, 6) is 0.0542. The van der Waals surface area contributed by atoms with Crippen molar-refractivity contribution in [3.8, 4) is 0 Å². The van der Waals surface area contributed by atoms with Gasteiger partial charge in [0.2, 0.25) is 0 Å². The van der Waals surface area contributed by atoms with Gasteiger partial charge in [0.1, 0.15) is 11.3 Å². The van der Waals surface area contributed by atoms with Gasteiger partial charge in [-0.3, -0.25) is 9.78 Å². The van der Waals surface area contributed by atoms with Gasteiger partial charge in [-0.1, -0.05) is 6.07 Å². The lowest BCUT2D eigenvalue weighted by Gasteiger charge is -2.24. The number of pyridine rings is 2. The van der Waals surface area contributed by atoms with Crippen LogP contribution < -0.4 is 0 Å². The largest absolute Gasteiger partial charge is 0.334 e. The summed E-state index contributed by atoms with van der Waals surface area (Å²) >= 11 is 0. The van der Waals surface area contributed by atoms with E-state index in [9.17, 15) is 4.79 Å². The fraction of sp³-hybridized carbons (Fsp3) is 0.350. The van der Waals surface area contributed by atoms with Crippen molar-refractivity contribution < 1.29 is 4.79 Å². The summed E-state index contributed by atoms with van der Waals surface area (Å²) in [6.45, 7) is 2.86. The van der Waals surface area contributed by atoms with Crippen molar-refractivity contribution in [2.75, 3.05) is 6.54 Å². The number of aromatic nitrogens is 3. The number of likely N-dealkylation sites (tertiary alicyclic amines) is 1. The van der Waals surface area contributed by atoms with Crippen LogP contribution in [0.4, 0.5) is 0 Å². The van der Waals surface area contributed by atoms with Gasteiger partial charge in [-0.25, -0.2) is 4.98 Å². The summed E-state index contributed by atoms with van der Waals surface area (Å²) in [5.41, 5.74) is 3.79. The number of hydrogen-bond donors (Lipinski definition) is 0. The molecule has 5 heteroatoms. The number of carbonyl (C=O) groups is 1. The van der Waals surface area contributed by atoms with Gasteiger partial charge in [-0.15, -0.1) is 0 Å². The molecule has 1 saturated heterocycles. The number of aryl methyl sites for hydroxylation is 2. The van der Waals surface area contributed by atoms with E-state index in [1.165, 1.54) is 5.56 Å². The first-order chi connectivity index (χ1) is 12.2. The molecular formula is C20H22N4O. The Hall–Kier alpha value is -2.69. The number of carbonyl (C=O) groups excluding carboxylic acids is 1. The van der Waals surface area contributed by atoms with E-state index in [1.807, 2.05) is 65.3 Å². The molecule has 25 heavy (non-hydrogen) atoms. The third-order valence-corrected chi connectivity index (χ3v) is 4.97. The molecule has 5 nitrogen and oxygen atoms in total. The Balaban J connectivity index is 1.49. The number of imidazole rings is 1. The number of fused-ring (bicyclic) bond motifs is 1. The predicted octanol–water partition coefficient (Wildman–Crippen LogP) is 3.28. The van der Waals surface area contributed by atoms with E-state index in [4.69, 9.17) is 0 Å². The monoisotopic (exact) mass is 334 g/mol. The van der Waals surface area contributed by atoms with Crippen LogP contribution >= 0.6 is 0 Å².